The summed E-state index contributed by atoms with van der Waals surface area (Å²) in [6, 6.07) is 10.8. The van der Waals surface area contributed by atoms with E-state index in [4.69, 9.17) is 0 Å². The molecule has 2 N–H and O–H groups in total. The number of halogens is 1. The van der Waals surface area contributed by atoms with E-state index < -0.39 is 0 Å². The van der Waals surface area contributed by atoms with Gasteiger partial charge >= 0.3 is 0 Å². The number of benzene rings is 1. The molecule has 2 aliphatic heterocycles. The van der Waals surface area contributed by atoms with Crippen LogP contribution in [0.5, 0.6) is 0 Å². The maximum absolute atomic E-state index is 4.35. The predicted octanol–water partition coefficient (Wildman–Crippen LogP) is 2.47. The summed E-state index contributed by atoms with van der Waals surface area (Å²) in [5.41, 5.74) is 1.35. The van der Waals surface area contributed by atoms with Gasteiger partial charge in [-0.25, -0.2) is 0 Å². The van der Waals surface area contributed by atoms with Crippen LogP contribution in [0.2, 0.25) is 0 Å². The van der Waals surface area contributed by atoms with E-state index in [0.29, 0.717) is 0 Å². The minimum Gasteiger partial charge on any atom is -0.369 e. The summed E-state index contributed by atoms with van der Waals surface area (Å²) in [7, 11) is 1.86. The molecule has 0 saturated carbocycles. The second-order valence-corrected chi connectivity index (χ2v) is 7.85. The third-order valence-electron chi connectivity index (χ3n) is 5.83. The largest absolute Gasteiger partial charge is 0.369 e. The molecule has 0 atom stereocenters. The van der Waals surface area contributed by atoms with Crippen molar-refractivity contribution in [2.45, 2.75) is 25.7 Å². The summed E-state index contributed by atoms with van der Waals surface area (Å²) in [6.45, 7) is 11.3. The molecular formula is C22H39IN6. The number of nitrogens with zero attached hydrogens (tertiary/aromatic N) is 4. The van der Waals surface area contributed by atoms with E-state index in [1.165, 1.54) is 38.0 Å². The number of hydrogen-bond donors (Lipinski definition) is 2. The van der Waals surface area contributed by atoms with Crippen molar-refractivity contribution >= 4 is 35.6 Å². The lowest BCUT2D eigenvalue weighted by atomic mass is 10.1. The summed E-state index contributed by atoms with van der Waals surface area (Å²) in [4.78, 5) is 12.0. The van der Waals surface area contributed by atoms with E-state index in [9.17, 15) is 0 Å². The molecule has 2 heterocycles. The quantitative estimate of drug-likeness (QED) is 0.242. The molecule has 0 aliphatic carbocycles. The van der Waals surface area contributed by atoms with E-state index >= 15 is 0 Å². The third kappa shape index (κ3) is 8.68. The zero-order chi connectivity index (χ0) is 19.4. The molecule has 7 heteroatoms. The highest BCUT2D eigenvalue weighted by atomic mass is 127. The van der Waals surface area contributed by atoms with Crippen LogP contribution in [0.25, 0.3) is 0 Å². The van der Waals surface area contributed by atoms with E-state index in [1.54, 1.807) is 0 Å². The number of rotatable bonds is 8. The van der Waals surface area contributed by atoms with Crippen LogP contribution in [0.1, 0.15) is 25.7 Å². The fraction of sp³-hybridized carbons (Fsp3) is 0.682. The van der Waals surface area contributed by atoms with Gasteiger partial charge in [0.05, 0.1) is 0 Å². The van der Waals surface area contributed by atoms with Crippen molar-refractivity contribution in [1.29, 1.82) is 0 Å². The van der Waals surface area contributed by atoms with Crippen molar-refractivity contribution in [3.63, 3.8) is 0 Å². The molecule has 29 heavy (non-hydrogen) atoms. The Morgan fingerprint density at radius 3 is 2.17 bits per heavy atom. The van der Waals surface area contributed by atoms with Crippen LogP contribution in [0.15, 0.2) is 35.3 Å². The van der Waals surface area contributed by atoms with Gasteiger partial charge in [-0.2, -0.15) is 0 Å². The van der Waals surface area contributed by atoms with Crippen LogP contribution < -0.4 is 15.5 Å². The van der Waals surface area contributed by atoms with Crippen molar-refractivity contribution < 1.29 is 0 Å². The van der Waals surface area contributed by atoms with E-state index in [1.807, 2.05) is 7.05 Å². The van der Waals surface area contributed by atoms with Crippen LogP contribution in [-0.2, 0) is 0 Å². The van der Waals surface area contributed by atoms with E-state index in [0.717, 1.165) is 64.7 Å². The zero-order valence-corrected chi connectivity index (χ0v) is 20.3. The first-order valence-electron chi connectivity index (χ1n) is 11.0. The van der Waals surface area contributed by atoms with Gasteiger partial charge in [-0.1, -0.05) is 24.6 Å². The van der Waals surface area contributed by atoms with Crippen molar-refractivity contribution in [1.82, 2.24) is 20.4 Å². The molecule has 2 fully saturated rings. The molecule has 6 nitrogen and oxygen atoms in total. The number of nitrogens with one attached hydrogen (secondary N) is 2. The number of guanidine groups is 1. The van der Waals surface area contributed by atoms with Gasteiger partial charge in [0.2, 0.25) is 0 Å². The number of hydrogen-bond acceptors (Lipinski definition) is 4. The van der Waals surface area contributed by atoms with Gasteiger partial charge in [0.1, 0.15) is 0 Å². The SMILES string of the molecule is CN=C(NCCCN1CCN(c2ccccc2)CC1)NCCN1CCCCC1.I. The van der Waals surface area contributed by atoms with Gasteiger partial charge < -0.3 is 20.4 Å². The van der Waals surface area contributed by atoms with E-state index in [2.05, 4.69) is 60.7 Å². The third-order valence-corrected chi connectivity index (χ3v) is 5.83. The lowest BCUT2D eigenvalue weighted by Crippen LogP contribution is -2.47. The van der Waals surface area contributed by atoms with Gasteiger partial charge in [0.15, 0.2) is 5.96 Å². The molecule has 0 spiro atoms. The lowest BCUT2D eigenvalue weighted by Gasteiger charge is -2.36. The predicted molar refractivity (Wildman–Crippen MR) is 135 cm³/mol. The molecule has 0 amide bonds. The van der Waals surface area contributed by atoms with Crippen molar-refractivity contribution in [2.75, 3.05) is 77.4 Å². The first-order chi connectivity index (χ1) is 13.8. The van der Waals surface area contributed by atoms with Gasteiger partial charge in [-0.15, -0.1) is 24.0 Å². The second-order valence-electron chi connectivity index (χ2n) is 7.85. The number of piperidine rings is 1. The fourth-order valence-electron chi connectivity index (χ4n) is 4.11. The molecule has 1 aromatic rings. The number of piperazine rings is 1. The average Bonchev–Trinajstić information content (AvgIpc) is 2.77. The maximum Gasteiger partial charge on any atom is 0.191 e. The summed E-state index contributed by atoms with van der Waals surface area (Å²) < 4.78 is 0. The summed E-state index contributed by atoms with van der Waals surface area (Å²) in [5, 5.41) is 6.92. The molecule has 0 radical (unpaired) electrons. The minimum atomic E-state index is 0. The van der Waals surface area contributed by atoms with Gasteiger partial charge in [0.25, 0.3) is 0 Å². The monoisotopic (exact) mass is 514 g/mol. The highest BCUT2D eigenvalue weighted by Gasteiger charge is 2.16. The highest BCUT2D eigenvalue weighted by molar-refractivity contribution is 14.0. The lowest BCUT2D eigenvalue weighted by molar-refractivity contribution is 0.232. The molecule has 0 bridgehead atoms. The minimum absolute atomic E-state index is 0. The first-order valence-corrected chi connectivity index (χ1v) is 11.0. The van der Waals surface area contributed by atoms with Crippen molar-refractivity contribution in [2.24, 2.45) is 4.99 Å². The molecule has 2 aliphatic rings. The molecule has 3 rings (SSSR count). The van der Waals surface area contributed by atoms with Crippen molar-refractivity contribution in [3.8, 4) is 0 Å². The Balaban J connectivity index is 0.00000300. The zero-order valence-electron chi connectivity index (χ0n) is 18.0. The topological polar surface area (TPSA) is 46.1 Å². The number of anilines is 1. The average molecular weight is 515 g/mol. The maximum atomic E-state index is 4.35. The first kappa shape index (κ1) is 24.2. The molecule has 164 valence electrons. The standard InChI is InChI=1S/C22H38N6.HI/c1-23-22(25-12-16-26-13-6-3-7-14-26)24-11-8-15-27-17-19-28(20-18-27)21-9-4-2-5-10-21;/h2,4-5,9-10H,3,6-8,11-20H2,1H3,(H2,23,24,25);1H. The van der Waals surface area contributed by atoms with Gasteiger partial charge in [-0.3, -0.25) is 9.89 Å². The highest BCUT2D eigenvalue weighted by Crippen LogP contribution is 2.15. The van der Waals surface area contributed by atoms with Crippen LogP contribution in [0.3, 0.4) is 0 Å². The van der Waals surface area contributed by atoms with Crippen LogP contribution in [0, 0.1) is 0 Å². The normalized spacial score (nSPS) is 18.9. The number of para-hydroxylation sites is 1. The molecule has 0 unspecified atom stereocenters. The summed E-state index contributed by atoms with van der Waals surface area (Å²) in [6.07, 6.45) is 5.26. The molecule has 1 aromatic carbocycles. The van der Waals surface area contributed by atoms with Crippen LogP contribution in [-0.4, -0.2) is 88.3 Å². The Labute approximate surface area is 194 Å². The Morgan fingerprint density at radius 2 is 1.48 bits per heavy atom. The van der Waals surface area contributed by atoms with E-state index in [-0.39, 0.29) is 24.0 Å². The van der Waals surface area contributed by atoms with Gasteiger partial charge in [0, 0.05) is 58.5 Å². The summed E-state index contributed by atoms with van der Waals surface area (Å²) >= 11 is 0. The molecule has 0 aromatic heterocycles. The second kappa shape index (κ2) is 14.0. The fourth-order valence-corrected chi connectivity index (χ4v) is 4.11. The number of aliphatic imine (C=N–C) groups is 1. The Morgan fingerprint density at radius 1 is 0.828 bits per heavy atom. The van der Waals surface area contributed by atoms with Crippen LogP contribution in [0.4, 0.5) is 5.69 Å². The van der Waals surface area contributed by atoms with Gasteiger partial charge in [-0.05, 0) is 51.0 Å². The molecule has 2 saturated heterocycles. The Bertz CT molecular complexity index is 568. The van der Waals surface area contributed by atoms with Crippen LogP contribution >= 0.6 is 24.0 Å². The smallest absolute Gasteiger partial charge is 0.191 e. The van der Waals surface area contributed by atoms with Crippen molar-refractivity contribution in [3.05, 3.63) is 30.3 Å². The Kier molecular flexibility index (Phi) is 11.7. The summed E-state index contributed by atoms with van der Waals surface area (Å²) in [5.74, 6) is 0.936. The Hall–Kier alpha value is -1.06. The number of likely N-dealkylation sites (tertiary alicyclic amines) is 1. The molecular weight excluding hydrogens is 475 g/mol.